The SMILES string of the molecule is COC(=O)N[C@H](C(=O)N1C(c2ncc(-c3ccc(-c4ccc(-c5ccc6nc([C@@H]7CC[C@H](C)N7C(=O)[C@@H](NC(=O)OC)C(C)C)[nH]c6c5)c5c4C4CCC5C4)cc3)[nH]2)CC[C@@H]1C)C(C)C. The molecule has 2 aliphatic heterocycles. The van der Waals surface area contributed by atoms with Gasteiger partial charge in [0.2, 0.25) is 11.8 Å². The molecule has 3 aromatic carbocycles. The summed E-state index contributed by atoms with van der Waals surface area (Å²) in [5, 5.41) is 5.50. The largest absolute Gasteiger partial charge is 0.453 e. The lowest BCUT2D eigenvalue weighted by molar-refractivity contribution is -0.138. The van der Waals surface area contributed by atoms with Gasteiger partial charge in [-0.2, -0.15) is 0 Å². The Labute approximate surface area is 380 Å². The zero-order chi connectivity index (χ0) is 45.8. The summed E-state index contributed by atoms with van der Waals surface area (Å²) in [4.78, 5) is 73.0. The summed E-state index contributed by atoms with van der Waals surface area (Å²) in [6.07, 6.45) is 7.43. The second kappa shape index (κ2) is 17.7. The fourth-order valence-electron chi connectivity index (χ4n) is 11.3. The Hall–Kier alpha value is -6.18. The van der Waals surface area contributed by atoms with Crippen LogP contribution in [0, 0.1) is 11.8 Å². The van der Waals surface area contributed by atoms with Crippen molar-refractivity contribution in [3.8, 4) is 33.5 Å². The highest BCUT2D eigenvalue weighted by Gasteiger charge is 2.44. The lowest BCUT2D eigenvalue weighted by Crippen LogP contribution is -2.52. The van der Waals surface area contributed by atoms with Crippen LogP contribution in [0.3, 0.4) is 0 Å². The van der Waals surface area contributed by atoms with E-state index in [9.17, 15) is 19.2 Å². The molecule has 3 fully saturated rings. The molecule has 1 saturated carbocycles. The molecular formula is C51H62N8O6. The lowest BCUT2D eigenvalue weighted by atomic mass is 9.81. The molecule has 0 spiro atoms. The number of methoxy groups -OCH3 is 2. The number of amides is 4. The molecule has 342 valence electrons. The van der Waals surface area contributed by atoms with E-state index in [4.69, 9.17) is 19.4 Å². The first-order chi connectivity index (χ1) is 31.3. The second-order valence-corrected chi connectivity index (χ2v) is 19.4. The van der Waals surface area contributed by atoms with Crippen molar-refractivity contribution in [2.45, 2.75) is 135 Å². The van der Waals surface area contributed by atoms with Crippen LogP contribution in [0.1, 0.15) is 133 Å². The van der Waals surface area contributed by atoms with Gasteiger partial charge in [-0.05, 0) is 134 Å². The van der Waals surface area contributed by atoms with E-state index in [1.54, 1.807) is 0 Å². The van der Waals surface area contributed by atoms with E-state index in [-0.39, 0.29) is 47.8 Å². The molecule has 4 amide bonds. The maximum atomic E-state index is 14.0. The molecule has 4 aliphatic rings. The van der Waals surface area contributed by atoms with E-state index >= 15 is 0 Å². The third kappa shape index (κ3) is 8.03. The number of H-pyrrole nitrogens is 2. The molecule has 14 nitrogen and oxygen atoms in total. The Bertz CT molecular complexity index is 2620. The average Bonchev–Trinajstić information content (AvgIpc) is 4.18. The highest BCUT2D eigenvalue weighted by Crippen LogP contribution is 2.58. The number of likely N-dealkylation sites (tertiary alicyclic amines) is 2. The van der Waals surface area contributed by atoms with Crippen molar-refractivity contribution in [1.82, 2.24) is 40.4 Å². The number of carbonyl (C=O) groups is 4. The summed E-state index contributed by atoms with van der Waals surface area (Å²) in [6, 6.07) is 17.9. The van der Waals surface area contributed by atoms with Gasteiger partial charge in [0.15, 0.2) is 0 Å². The number of benzene rings is 3. The summed E-state index contributed by atoms with van der Waals surface area (Å²) in [6.45, 7) is 11.8. The third-order valence-corrected chi connectivity index (χ3v) is 14.7. The van der Waals surface area contributed by atoms with Gasteiger partial charge >= 0.3 is 12.2 Å². The fourth-order valence-corrected chi connectivity index (χ4v) is 11.3. The zero-order valence-corrected chi connectivity index (χ0v) is 38.7. The molecule has 0 radical (unpaired) electrons. The van der Waals surface area contributed by atoms with Crippen molar-refractivity contribution >= 4 is 35.0 Å². The second-order valence-electron chi connectivity index (χ2n) is 19.4. The first-order valence-corrected chi connectivity index (χ1v) is 23.4. The van der Waals surface area contributed by atoms with Gasteiger partial charge in [0.25, 0.3) is 0 Å². The number of hydrogen-bond acceptors (Lipinski definition) is 8. The topological polar surface area (TPSA) is 175 Å². The molecule has 8 atom stereocenters. The van der Waals surface area contributed by atoms with E-state index < -0.39 is 24.3 Å². The van der Waals surface area contributed by atoms with Crippen LogP contribution in [0.25, 0.3) is 44.5 Å². The maximum absolute atomic E-state index is 14.0. The maximum Gasteiger partial charge on any atom is 0.407 e. The van der Waals surface area contributed by atoms with Gasteiger partial charge in [0.05, 0.1) is 49.2 Å². The molecule has 2 saturated heterocycles. The van der Waals surface area contributed by atoms with Crippen LogP contribution >= 0.6 is 0 Å². The number of ether oxygens (including phenoxy) is 2. The number of hydrogen-bond donors (Lipinski definition) is 4. The number of alkyl carbamates (subject to hydrolysis) is 2. The van der Waals surface area contributed by atoms with Gasteiger partial charge in [0, 0.05) is 12.1 Å². The first kappa shape index (κ1) is 44.0. The number of aromatic amines is 2. The monoisotopic (exact) mass is 882 g/mol. The minimum Gasteiger partial charge on any atom is -0.453 e. The number of carbonyl (C=O) groups excluding carboxylic acids is 4. The number of nitrogens with one attached hydrogen (secondary N) is 4. The minimum absolute atomic E-state index is 0.00141. The summed E-state index contributed by atoms with van der Waals surface area (Å²) in [7, 11) is 2.61. The van der Waals surface area contributed by atoms with Gasteiger partial charge in [-0.3, -0.25) is 9.59 Å². The van der Waals surface area contributed by atoms with Crippen molar-refractivity contribution in [3.05, 3.63) is 83.6 Å². The van der Waals surface area contributed by atoms with Gasteiger partial charge in [-0.15, -0.1) is 0 Å². The number of imidazole rings is 2. The molecule has 4 heterocycles. The van der Waals surface area contributed by atoms with Crippen molar-refractivity contribution in [1.29, 1.82) is 0 Å². The van der Waals surface area contributed by atoms with Crippen LogP contribution in [0.15, 0.2) is 60.8 Å². The highest BCUT2D eigenvalue weighted by molar-refractivity contribution is 5.89. The third-order valence-electron chi connectivity index (χ3n) is 14.7. The van der Waals surface area contributed by atoms with Crippen LogP contribution in [-0.2, 0) is 19.1 Å². The number of fused-ring (bicyclic) bond motifs is 6. The Morgan fingerprint density at radius 2 is 1.15 bits per heavy atom. The molecule has 2 bridgehead atoms. The molecule has 9 rings (SSSR count). The van der Waals surface area contributed by atoms with Crippen molar-refractivity contribution in [3.63, 3.8) is 0 Å². The van der Waals surface area contributed by atoms with Gasteiger partial charge < -0.3 is 39.9 Å². The summed E-state index contributed by atoms with van der Waals surface area (Å²) in [5.41, 5.74) is 11.5. The Morgan fingerprint density at radius 3 is 1.69 bits per heavy atom. The molecule has 3 unspecified atom stereocenters. The summed E-state index contributed by atoms with van der Waals surface area (Å²) < 4.78 is 9.67. The quantitative estimate of drug-likeness (QED) is 0.101. The predicted octanol–water partition coefficient (Wildman–Crippen LogP) is 9.52. The van der Waals surface area contributed by atoms with E-state index in [0.717, 1.165) is 65.2 Å². The smallest absolute Gasteiger partial charge is 0.407 e. The summed E-state index contributed by atoms with van der Waals surface area (Å²) in [5.74, 6) is 2.06. The molecule has 4 N–H and O–H groups in total. The van der Waals surface area contributed by atoms with E-state index in [0.29, 0.717) is 11.8 Å². The number of nitrogens with zero attached hydrogens (tertiary/aromatic N) is 4. The van der Waals surface area contributed by atoms with Crippen LogP contribution in [0.2, 0.25) is 0 Å². The highest BCUT2D eigenvalue weighted by atomic mass is 16.5. The Morgan fingerprint density at radius 1 is 0.646 bits per heavy atom. The van der Waals surface area contributed by atoms with E-state index in [1.807, 2.05) is 50.6 Å². The van der Waals surface area contributed by atoms with Crippen molar-refractivity contribution in [2.75, 3.05) is 14.2 Å². The minimum atomic E-state index is -0.704. The zero-order valence-electron chi connectivity index (χ0n) is 38.7. The van der Waals surface area contributed by atoms with Crippen molar-refractivity contribution < 1.29 is 28.7 Å². The Balaban J connectivity index is 0.960. The number of aromatic nitrogens is 4. The van der Waals surface area contributed by atoms with Gasteiger partial charge in [-0.25, -0.2) is 19.6 Å². The summed E-state index contributed by atoms with van der Waals surface area (Å²) >= 11 is 0. The first-order valence-electron chi connectivity index (χ1n) is 23.4. The van der Waals surface area contributed by atoms with E-state index in [1.165, 1.54) is 61.3 Å². The van der Waals surface area contributed by atoms with Crippen LogP contribution in [0.5, 0.6) is 0 Å². The van der Waals surface area contributed by atoms with Crippen LogP contribution < -0.4 is 10.6 Å². The molecule has 2 aromatic heterocycles. The fraction of sp³-hybridized carbons (Fsp3) is 0.490. The average molecular weight is 883 g/mol. The lowest BCUT2D eigenvalue weighted by Gasteiger charge is -2.32. The standard InChI is InChI=1S/C51H62N8O6/c1-26(2)44(56-50(62)64-7)48(60)58-28(5)9-21-40(58)46-52-25-39(55-46)31-13-11-30(12-14-31)35-18-19-36(43-34-16-15-33(23-34)42(35)43)32-17-20-37-38(24-32)54-47(53-37)41-22-10-29(6)59(41)49(61)45(27(3)4)57-51(63)65-8/h11-14,17-20,24-29,33-34,40-41,44-45H,9-10,15-16,21-23H2,1-8H3,(H,52,55)(H,53,54)(H,56,62)(H,57,63)/t28-,29-,33?,34?,40?,41-,44-,45-/m0/s1. The van der Waals surface area contributed by atoms with Gasteiger partial charge in [-0.1, -0.05) is 70.2 Å². The van der Waals surface area contributed by atoms with Crippen LogP contribution in [0.4, 0.5) is 9.59 Å². The number of rotatable bonds is 11. The molecule has 65 heavy (non-hydrogen) atoms. The predicted molar refractivity (Wildman–Crippen MR) is 249 cm³/mol. The normalized spacial score (nSPS) is 23.3. The van der Waals surface area contributed by atoms with E-state index in [2.05, 4.69) is 82.1 Å². The Kier molecular flexibility index (Phi) is 12.0. The molecule has 5 aromatic rings. The molecule has 2 aliphatic carbocycles. The van der Waals surface area contributed by atoms with Crippen LogP contribution in [-0.4, -0.2) is 92.1 Å². The molecule has 14 heteroatoms. The molecular weight excluding hydrogens is 821 g/mol. The van der Waals surface area contributed by atoms with Crippen molar-refractivity contribution in [2.24, 2.45) is 11.8 Å². The van der Waals surface area contributed by atoms with Gasteiger partial charge in [0.1, 0.15) is 23.7 Å².